The summed E-state index contributed by atoms with van der Waals surface area (Å²) in [5.74, 6) is 1.46. The Morgan fingerprint density at radius 3 is 2.50 bits per heavy atom. The molecule has 10 nitrogen and oxygen atoms in total. The Morgan fingerprint density at radius 1 is 1.14 bits per heavy atom. The van der Waals surface area contributed by atoms with Crippen molar-refractivity contribution >= 4 is 21.9 Å². The van der Waals surface area contributed by atoms with Crippen molar-refractivity contribution in [3.8, 4) is 5.88 Å². The van der Waals surface area contributed by atoms with Crippen LogP contribution in [-0.4, -0.2) is 90.9 Å². The van der Waals surface area contributed by atoms with E-state index in [-0.39, 0.29) is 0 Å². The number of carboxylic acid groups (broad SMARTS) is 1. The van der Waals surface area contributed by atoms with Crippen molar-refractivity contribution in [1.29, 1.82) is 0 Å². The Kier molecular flexibility index (Phi) is 6.55. The molecule has 0 aromatic carbocycles. The largest absolute Gasteiger partial charge is 0.476 e. The molecule has 3 heterocycles. The highest BCUT2D eigenvalue weighted by molar-refractivity contribution is 7.88. The smallest absolute Gasteiger partial charge is 0.407 e. The average Bonchev–Trinajstić information content (AvgIpc) is 2.93. The lowest BCUT2D eigenvalue weighted by molar-refractivity contribution is 0.111. The van der Waals surface area contributed by atoms with E-state index in [0.717, 1.165) is 25.8 Å². The van der Waals surface area contributed by atoms with E-state index in [9.17, 15) is 13.2 Å². The number of sulfonamides is 1. The summed E-state index contributed by atoms with van der Waals surface area (Å²) in [6.45, 7) is 3.82. The fourth-order valence-electron chi connectivity index (χ4n) is 3.50. The fraction of sp³-hybridized carbons (Fsp3) is 0.706. The van der Waals surface area contributed by atoms with Crippen LogP contribution in [0.1, 0.15) is 19.3 Å². The third-order valence-electron chi connectivity index (χ3n) is 5.21. The average molecular weight is 414 g/mol. The van der Waals surface area contributed by atoms with Gasteiger partial charge in [0, 0.05) is 39.3 Å². The summed E-state index contributed by atoms with van der Waals surface area (Å²) < 4.78 is 30.6. The molecule has 3 rings (SSSR count). The number of ether oxygens (including phenoxy) is 1. The summed E-state index contributed by atoms with van der Waals surface area (Å²) in [5, 5.41) is 8.98. The number of carbonyl (C=O) groups is 1. The van der Waals surface area contributed by atoms with Gasteiger partial charge < -0.3 is 19.6 Å². The normalized spacial score (nSPS) is 20.0. The topological polar surface area (TPSA) is 116 Å². The molecule has 0 radical (unpaired) electrons. The van der Waals surface area contributed by atoms with Crippen LogP contribution in [0.2, 0.25) is 0 Å². The SMILES string of the molecule is CS(=O)(=O)N1CCCN(c2cnc(OCC3CCN(C(=O)O)CC3)cn2)CC1. The van der Waals surface area contributed by atoms with Crippen molar-refractivity contribution in [3.05, 3.63) is 12.4 Å². The van der Waals surface area contributed by atoms with Crippen molar-refractivity contribution in [2.75, 3.05) is 57.0 Å². The first kappa shape index (κ1) is 20.6. The Labute approximate surface area is 165 Å². The van der Waals surface area contributed by atoms with Gasteiger partial charge in [0.05, 0.1) is 25.3 Å². The van der Waals surface area contributed by atoms with Crippen LogP contribution >= 0.6 is 0 Å². The lowest BCUT2D eigenvalue weighted by atomic mass is 9.98. The molecule has 0 atom stereocenters. The molecule has 1 aromatic rings. The minimum atomic E-state index is -3.17. The Bertz CT molecular complexity index is 765. The zero-order chi connectivity index (χ0) is 20.1. The first-order valence-electron chi connectivity index (χ1n) is 9.45. The van der Waals surface area contributed by atoms with Crippen LogP contribution in [0.3, 0.4) is 0 Å². The van der Waals surface area contributed by atoms with Crippen molar-refractivity contribution in [2.24, 2.45) is 5.92 Å². The Morgan fingerprint density at radius 2 is 1.89 bits per heavy atom. The number of amides is 1. The number of hydrogen-bond acceptors (Lipinski definition) is 7. The lowest BCUT2D eigenvalue weighted by Gasteiger charge is -2.29. The van der Waals surface area contributed by atoms with E-state index in [0.29, 0.717) is 56.9 Å². The van der Waals surface area contributed by atoms with E-state index in [1.165, 1.54) is 15.5 Å². The molecule has 1 aromatic heterocycles. The predicted octanol–water partition coefficient (Wildman–Crippen LogP) is 0.717. The number of rotatable bonds is 5. The first-order valence-corrected chi connectivity index (χ1v) is 11.3. The maximum Gasteiger partial charge on any atom is 0.407 e. The molecule has 0 aliphatic carbocycles. The van der Waals surface area contributed by atoms with Gasteiger partial charge in [0.15, 0.2) is 0 Å². The number of hydrogen-bond donors (Lipinski definition) is 1. The molecule has 1 N–H and O–H groups in total. The van der Waals surface area contributed by atoms with Gasteiger partial charge >= 0.3 is 6.09 Å². The number of likely N-dealkylation sites (tertiary alicyclic amines) is 1. The van der Waals surface area contributed by atoms with Crippen LogP contribution < -0.4 is 9.64 Å². The molecule has 28 heavy (non-hydrogen) atoms. The summed E-state index contributed by atoms with van der Waals surface area (Å²) in [6.07, 6.45) is 5.90. The van der Waals surface area contributed by atoms with Gasteiger partial charge in [-0.05, 0) is 25.2 Å². The first-order chi connectivity index (χ1) is 13.3. The number of piperidine rings is 1. The predicted molar refractivity (Wildman–Crippen MR) is 103 cm³/mol. The lowest BCUT2D eigenvalue weighted by Crippen LogP contribution is -2.38. The molecular formula is C17H27N5O5S. The molecule has 0 spiro atoms. The van der Waals surface area contributed by atoms with Crippen molar-refractivity contribution < 1.29 is 23.1 Å². The highest BCUT2D eigenvalue weighted by Gasteiger charge is 2.24. The number of anilines is 1. The van der Waals surface area contributed by atoms with E-state index in [2.05, 4.69) is 9.97 Å². The van der Waals surface area contributed by atoms with Crippen molar-refractivity contribution in [2.45, 2.75) is 19.3 Å². The highest BCUT2D eigenvalue weighted by atomic mass is 32.2. The van der Waals surface area contributed by atoms with Crippen LogP contribution in [0.25, 0.3) is 0 Å². The maximum absolute atomic E-state index is 11.7. The minimum Gasteiger partial charge on any atom is -0.476 e. The molecule has 0 bridgehead atoms. The van der Waals surface area contributed by atoms with Crippen molar-refractivity contribution in [3.63, 3.8) is 0 Å². The number of aromatic nitrogens is 2. The minimum absolute atomic E-state index is 0.310. The Hall–Kier alpha value is -2.14. The second-order valence-corrected chi connectivity index (χ2v) is 9.22. The van der Waals surface area contributed by atoms with Crippen LogP contribution in [0, 0.1) is 5.92 Å². The maximum atomic E-state index is 11.7. The van der Waals surface area contributed by atoms with Gasteiger partial charge in [-0.3, -0.25) is 0 Å². The molecule has 156 valence electrons. The second-order valence-electron chi connectivity index (χ2n) is 7.24. The summed E-state index contributed by atoms with van der Waals surface area (Å²) in [7, 11) is -3.17. The fourth-order valence-corrected chi connectivity index (χ4v) is 4.37. The van der Waals surface area contributed by atoms with E-state index >= 15 is 0 Å². The Balaban J connectivity index is 1.48. The zero-order valence-electron chi connectivity index (χ0n) is 16.0. The molecule has 1 amide bonds. The van der Waals surface area contributed by atoms with Gasteiger partial charge in [0.1, 0.15) is 5.82 Å². The van der Waals surface area contributed by atoms with Gasteiger partial charge in [-0.25, -0.2) is 27.5 Å². The van der Waals surface area contributed by atoms with Gasteiger partial charge in [0.25, 0.3) is 0 Å². The second kappa shape index (κ2) is 8.91. The molecule has 2 fully saturated rings. The van der Waals surface area contributed by atoms with Gasteiger partial charge in [-0.15, -0.1) is 0 Å². The van der Waals surface area contributed by atoms with Gasteiger partial charge in [-0.1, -0.05) is 0 Å². The summed E-state index contributed by atoms with van der Waals surface area (Å²) in [5.41, 5.74) is 0. The van der Waals surface area contributed by atoms with E-state index in [1.54, 1.807) is 12.4 Å². The molecule has 2 saturated heterocycles. The monoisotopic (exact) mass is 413 g/mol. The van der Waals surface area contributed by atoms with Crippen LogP contribution in [-0.2, 0) is 10.0 Å². The molecule has 2 aliphatic heterocycles. The number of nitrogens with zero attached hydrogens (tertiary/aromatic N) is 5. The standard InChI is InChI=1S/C17H27N5O5S/c1-28(25,26)22-6-2-5-20(9-10-22)15-11-19-16(12-18-15)27-13-14-3-7-21(8-4-14)17(23)24/h11-12,14H,2-10,13H2,1H3,(H,23,24). The molecule has 0 saturated carbocycles. The molecule has 11 heteroatoms. The van der Waals surface area contributed by atoms with Crippen LogP contribution in [0.5, 0.6) is 5.88 Å². The van der Waals surface area contributed by atoms with Crippen LogP contribution in [0.15, 0.2) is 12.4 Å². The zero-order valence-corrected chi connectivity index (χ0v) is 16.8. The molecular weight excluding hydrogens is 386 g/mol. The van der Waals surface area contributed by atoms with E-state index in [1.807, 2.05) is 4.90 Å². The molecule has 0 unspecified atom stereocenters. The summed E-state index contributed by atoms with van der Waals surface area (Å²) >= 11 is 0. The summed E-state index contributed by atoms with van der Waals surface area (Å²) in [4.78, 5) is 23.1. The third kappa shape index (κ3) is 5.44. The summed E-state index contributed by atoms with van der Waals surface area (Å²) in [6, 6.07) is 0. The molecule has 2 aliphatic rings. The van der Waals surface area contributed by atoms with Crippen LogP contribution in [0.4, 0.5) is 10.6 Å². The third-order valence-corrected chi connectivity index (χ3v) is 6.52. The van der Waals surface area contributed by atoms with Gasteiger partial charge in [0.2, 0.25) is 15.9 Å². The van der Waals surface area contributed by atoms with E-state index in [4.69, 9.17) is 9.84 Å². The van der Waals surface area contributed by atoms with Crippen molar-refractivity contribution in [1.82, 2.24) is 19.2 Å². The van der Waals surface area contributed by atoms with Gasteiger partial charge in [-0.2, -0.15) is 0 Å². The quantitative estimate of drug-likeness (QED) is 0.751. The highest BCUT2D eigenvalue weighted by Crippen LogP contribution is 2.20. The van der Waals surface area contributed by atoms with E-state index < -0.39 is 16.1 Å².